The van der Waals surface area contributed by atoms with Crippen molar-refractivity contribution in [3.63, 3.8) is 0 Å². The summed E-state index contributed by atoms with van der Waals surface area (Å²) in [5, 5.41) is 7.30. The van der Waals surface area contributed by atoms with Crippen LogP contribution in [0.5, 0.6) is 0 Å². The minimum atomic E-state index is -3.62. The number of aromatic nitrogens is 2. The summed E-state index contributed by atoms with van der Waals surface area (Å²) in [6, 6.07) is 13.9. The van der Waals surface area contributed by atoms with E-state index < -0.39 is 27.9 Å². The lowest BCUT2D eigenvalue weighted by Gasteiger charge is -2.18. The monoisotopic (exact) mass is 484 g/mol. The number of ether oxygens (including phenoxy) is 1. The number of rotatable bonds is 8. The standard InChI is InChI=1S/C24H28N4O5S/c1-6-33-24(30)22(21-16(2)26-28(17(21)3)19-10-8-7-9-11-19)25-23(29)18-12-14-20(15-13-18)34(31,32)27(4)5/h7-15,22H,6H2,1-5H3,(H,25,29)/t22-/m1/s1. The smallest absolute Gasteiger partial charge is 0.333 e. The number of carbonyl (C=O) groups excluding carboxylic acids is 2. The highest BCUT2D eigenvalue weighted by atomic mass is 32.2. The maximum Gasteiger partial charge on any atom is 0.333 e. The summed E-state index contributed by atoms with van der Waals surface area (Å²) < 4.78 is 32.6. The number of benzene rings is 2. The van der Waals surface area contributed by atoms with E-state index in [-0.39, 0.29) is 17.1 Å². The van der Waals surface area contributed by atoms with Crippen LogP contribution in [0.3, 0.4) is 0 Å². The second-order valence-corrected chi connectivity index (χ2v) is 9.95. The number of sulfonamides is 1. The van der Waals surface area contributed by atoms with Gasteiger partial charge < -0.3 is 10.1 Å². The van der Waals surface area contributed by atoms with Crippen molar-refractivity contribution in [1.29, 1.82) is 0 Å². The molecule has 0 fully saturated rings. The third kappa shape index (κ3) is 5.02. The molecule has 0 aliphatic heterocycles. The SMILES string of the molecule is CCOC(=O)[C@H](NC(=O)c1ccc(S(=O)(=O)N(C)C)cc1)c1c(C)nn(-c2ccccc2)c1C. The van der Waals surface area contributed by atoms with Gasteiger partial charge in [-0.25, -0.2) is 22.2 Å². The Morgan fingerprint density at radius 1 is 1.06 bits per heavy atom. The molecule has 0 saturated carbocycles. The van der Waals surface area contributed by atoms with E-state index in [0.717, 1.165) is 9.99 Å². The van der Waals surface area contributed by atoms with E-state index in [2.05, 4.69) is 10.4 Å². The number of hydrogen-bond acceptors (Lipinski definition) is 6. The van der Waals surface area contributed by atoms with E-state index in [0.29, 0.717) is 17.0 Å². The van der Waals surface area contributed by atoms with Gasteiger partial charge in [0.25, 0.3) is 5.91 Å². The Kier molecular flexibility index (Phi) is 7.53. The molecular formula is C24H28N4O5S. The maximum atomic E-state index is 13.0. The lowest BCUT2D eigenvalue weighted by Crippen LogP contribution is -2.35. The fourth-order valence-corrected chi connectivity index (χ4v) is 4.47. The molecule has 0 aliphatic carbocycles. The van der Waals surface area contributed by atoms with Gasteiger partial charge in [0.2, 0.25) is 10.0 Å². The molecule has 9 nitrogen and oxygen atoms in total. The van der Waals surface area contributed by atoms with E-state index in [1.165, 1.54) is 38.4 Å². The summed E-state index contributed by atoms with van der Waals surface area (Å²) in [4.78, 5) is 25.9. The summed E-state index contributed by atoms with van der Waals surface area (Å²) in [5.74, 6) is -1.15. The van der Waals surface area contributed by atoms with Crippen LogP contribution in [-0.2, 0) is 19.6 Å². The first-order valence-corrected chi connectivity index (χ1v) is 12.1. The Balaban J connectivity index is 1.95. The average Bonchev–Trinajstić information content (AvgIpc) is 3.11. The van der Waals surface area contributed by atoms with E-state index in [4.69, 9.17) is 4.74 Å². The average molecular weight is 485 g/mol. The van der Waals surface area contributed by atoms with Crippen molar-refractivity contribution < 1.29 is 22.7 Å². The molecule has 1 heterocycles. The molecule has 0 saturated heterocycles. The van der Waals surface area contributed by atoms with Gasteiger partial charge in [-0.2, -0.15) is 5.10 Å². The molecule has 34 heavy (non-hydrogen) atoms. The molecule has 0 radical (unpaired) electrons. The topological polar surface area (TPSA) is 111 Å². The zero-order valence-corrected chi connectivity index (χ0v) is 20.6. The number of nitrogens with zero attached hydrogens (tertiary/aromatic N) is 3. The van der Waals surface area contributed by atoms with E-state index in [9.17, 15) is 18.0 Å². The molecule has 180 valence electrons. The van der Waals surface area contributed by atoms with E-state index in [1.54, 1.807) is 18.5 Å². The van der Waals surface area contributed by atoms with Crippen LogP contribution in [0.25, 0.3) is 5.69 Å². The molecule has 2 aromatic carbocycles. The van der Waals surface area contributed by atoms with Crippen LogP contribution in [0.15, 0.2) is 59.5 Å². The number of para-hydroxylation sites is 1. The number of aryl methyl sites for hydroxylation is 1. The summed E-state index contributed by atoms with van der Waals surface area (Å²) in [6.07, 6.45) is 0. The molecule has 1 amide bonds. The molecule has 0 bridgehead atoms. The largest absolute Gasteiger partial charge is 0.464 e. The highest BCUT2D eigenvalue weighted by Gasteiger charge is 2.31. The Bertz CT molecular complexity index is 1280. The summed E-state index contributed by atoms with van der Waals surface area (Å²) in [5.41, 5.74) is 2.84. The minimum Gasteiger partial charge on any atom is -0.464 e. The van der Waals surface area contributed by atoms with Crippen molar-refractivity contribution in [2.75, 3.05) is 20.7 Å². The number of nitrogens with one attached hydrogen (secondary N) is 1. The zero-order chi connectivity index (χ0) is 25.0. The van der Waals surface area contributed by atoms with Gasteiger partial charge in [0.15, 0.2) is 6.04 Å². The first kappa shape index (κ1) is 25.1. The second kappa shape index (κ2) is 10.2. The van der Waals surface area contributed by atoms with E-state index in [1.807, 2.05) is 37.3 Å². The van der Waals surface area contributed by atoms with Crippen LogP contribution in [0, 0.1) is 13.8 Å². The molecule has 3 rings (SSSR count). The molecule has 1 atom stereocenters. The lowest BCUT2D eigenvalue weighted by molar-refractivity contribution is -0.145. The molecule has 0 aliphatic rings. The van der Waals surface area contributed by atoms with Crippen LogP contribution < -0.4 is 5.32 Å². The van der Waals surface area contributed by atoms with Gasteiger partial charge in [0.05, 0.1) is 22.9 Å². The molecule has 10 heteroatoms. The van der Waals surface area contributed by atoms with Gasteiger partial charge in [-0.3, -0.25) is 4.79 Å². The Morgan fingerprint density at radius 2 is 1.68 bits per heavy atom. The number of amides is 1. The predicted octanol–water partition coefficient (Wildman–Crippen LogP) is 2.77. The first-order chi connectivity index (χ1) is 16.1. The third-order valence-electron chi connectivity index (χ3n) is 5.33. The number of esters is 1. The Morgan fingerprint density at radius 3 is 2.24 bits per heavy atom. The molecule has 0 unspecified atom stereocenters. The fraction of sp³-hybridized carbons (Fsp3) is 0.292. The molecule has 0 spiro atoms. The highest BCUT2D eigenvalue weighted by Crippen LogP contribution is 2.26. The maximum absolute atomic E-state index is 13.0. The minimum absolute atomic E-state index is 0.0619. The molecule has 1 N–H and O–H groups in total. The molecule has 1 aromatic heterocycles. The van der Waals surface area contributed by atoms with Crippen molar-refractivity contribution in [3.8, 4) is 5.69 Å². The quantitative estimate of drug-likeness (QED) is 0.492. The molecule has 3 aromatic rings. The summed E-state index contributed by atoms with van der Waals surface area (Å²) in [7, 11) is -0.763. The number of carbonyl (C=O) groups is 2. The van der Waals surface area contributed by atoms with Crippen LogP contribution in [0.1, 0.15) is 40.3 Å². The van der Waals surface area contributed by atoms with Gasteiger partial charge in [-0.1, -0.05) is 18.2 Å². The molecular weight excluding hydrogens is 456 g/mol. The van der Waals surface area contributed by atoms with Crippen LogP contribution in [0.2, 0.25) is 0 Å². The van der Waals surface area contributed by atoms with Crippen molar-refractivity contribution in [2.45, 2.75) is 31.7 Å². The first-order valence-electron chi connectivity index (χ1n) is 10.7. The third-order valence-corrected chi connectivity index (χ3v) is 7.16. The van der Waals surface area contributed by atoms with Crippen LogP contribution in [0.4, 0.5) is 0 Å². The van der Waals surface area contributed by atoms with Gasteiger partial charge in [0, 0.05) is 30.9 Å². The van der Waals surface area contributed by atoms with Gasteiger partial charge >= 0.3 is 5.97 Å². The van der Waals surface area contributed by atoms with Crippen molar-refractivity contribution in [2.24, 2.45) is 0 Å². The van der Waals surface area contributed by atoms with E-state index >= 15 is 0 Å². The van der Waals surface area contributed by atoms with Crippen molar-refractivity contribution >= 4 is 21.9 Å². The van der Waals surface area contributed by atoms with Gasteiger partial charge in [0.1, 0.15) is 0 Å². The van der Waals surface area contributed by atoms with Crippen molar-refractivity contribution in [1.82, 2.24) is 19.4 Å². The Hall–Kier alpha value is -3.50. The van der Waals surface area contributed by atoms with Crippen molar-refractivity contribution in [3.05, 3.63) is 77.1 Å². The van der Waals surface area contributed by atoms with Crippen LogP contribution >= 0.6 is 0 Å². The highest BCUT2D eigenvalue weighted by molar-refractivity contribution is 7.89. The fourth-order valence-electron chi connectivity index (χ4n) is 3.57. The summed E-state index contributed by atoms with van der Waals surface area (Å²) >= 11 is 0. The number of hydrogen-bond donors (Lipinski definition) is 1. The second-order valence-electron chi connectivity index (χ2n) is 7.80. The summed E-state index contributed by atoms with van der Waals surface area (Å²) in [6.45, 7) is 5.42. The zero-order valence-electron chi connectivity index (χ0n) is 19.8. The Labute approximate surface area is 199 Å². The van der Waals surface area contributed by atoms with Crippen LogP contribution in [-0.4, -0.2) is 55.1 Å². The normalized spacial score (nSPS) is 12.4. The lowest BCUT2D eigenvalue weighted by atomic mass is 10.0. The van der Waals surface area contributed by atoms with Gasteiger partial charge in [-0.15, -0.1) is 0 Å². The van der Waals surface area contributed by atoms with Gasteiger partial charge in [-0.05, 0) is 57.2 Å². The predicted molar refractivity (Wildman–Crippen MR) is 127 cm³/mol.